The highest BCUT2D eigenvalue weighted by atomic mass is 32.2. The van der Waals surface area contributed by atoms with Crippen LogP contribution < -0.4 is 0 Å². The number of hydrogen-bond acceptors (Lipinski definition) is 3. The van der Waals surface area contributed by atoms with Crippen LogP contribution in [-0.4, -0.2) is 0 Å². The van der Waals surface area contributed by atoms with Crippen molar-refractivity contribution >= 4 is 34.4 Å². The van der Waals surface area contributed by atoms with Crippen LogP contribution in [0, 0.1) is 0 Å². The van der Waals surface area contributed by atoms with E-state index in [2.05, 4.69) is 22.9 Å². The zero-order chi connectivity index (χ0) is 8.67. The van der Waals surface area contributed by atoms with Crippen LogP contribution in [-0.2, 0) is 11.5 Å². The summed E-state index contributed by atoms with van der Waals surface area (Å²) in [5.41, 5.74) is 3.05. The van der Waals surface area contributed by atoms with Crippen LogP contribution in [0.1, 0.15) is 11.1 Å². The van der Waals surface area contributed by atoms with Crippen molar-refractivity contribution in [3.63, 3.8) is 0 Å². The lowest BCUT2D eigenvalue weighted by Gasteiger charge is -1.95. The lowest BCUT2D eigenvalue weighted by atomic mass is 10.2. The van der Waals surface area contributed by atoms with E-state index >= 15 is 0 Å². The summed E-state index contributed by atoms with van der Waals surface area (Å²) in [6.45, 7) is 0. The molecule has 66 valence electrons. The van der Waals surface area contributed by atoms with Gasteiger partial charge in [0, 0.05) is 21.3 Å². The van der Waals surface area contributed by atoms with E-state index in [1.807, 2.05) is 34.4 Å². The molecule has 0 spiro atoms. The topological polar surface area (TPSA) is 0 Å². The molecule has 13 heavy (non-hydrogen) atoms. The van der Waals surface area contributed by atoms with Gasteiger partial charge in [-0.15, -0.1) is 22.7 Å². The molecule has 2 aromatic rings. The monoisotopic (exact) mass is 224 g/mol. The summed E-state index contributed by atoms with van der Waals surface area (Å²) in [4.78, 5) is 3.02. The summed E-state index contributed by atoms with van der Waals surface area (Å²) in [6.07, 6.45) is 0. The van der Waals surface area contributed by atoms with Gasteiger partial charge in [0.05, 0.1) is 0 Å². The molecule has 1 aliphatic rings. The fraction of sp³-hybridized carbons (Fsp3) is 0.200. The summed E-state index contributed by atoms with van der Waals surface area (Å²) in [7, 11) is 0. The molecule has 0 atom stereocenters. The van der Waals surface area contributed by atoms with E-state index in [4.69, 9.17) is 0 Å². The summed E-state index contributed by atoms with van der Waals surface area (Å²) in [5, 5.41) is 4.42. The van der Waals surface area contributed by atoms with Gasteiger partial charge < -0.3 is 0 Å². The van der Waals surface area contributed by atoms with Crippen molar-refractivity contribution in [1.82, 2.24) is 0 Å². The minimum atomic E-state index is 1.18. The van der Waals surface area contributed by atoms with Gasteiger partial charge in [-0.05, 0) is 34.0 Å². The standard InChI is InChI=1S/C10H8S3/c1-3-12-9-7(1)5-11-6-8-2-4-13-10(8)9/h1-4H,5-6H2. The van der Waals surface area contributed by atoms with E-state index in [0.29, 0.717) is 0 Å². The molecule has 0 N–H and O–H groups in total. The van der Waals surface area contributed by atoms with Gasteiger partial charge in [-0.25, -0.2) is 0 Å². The van der Waals surface area contributed by atoms with Crippen LogP contribution >= 0.6 is 34.4 Å². The number of fused-ring (bicyclic) bond motifs is 3. The molecule has 3 heterocycles. The Kier molecular flexibility index (Phi) is 1.96. The third kappa shape index (κ3) is 1.26. The highest BCUT2D eigenvalue weighted by molar-refractivity contribution is 7.97. The first kappa shape index (κ1) is 8.09. The Balaban J connectivity index is 2.27. The molecular weight excluding hydrogens is 216 g/mol. The Morgan fingerprint density at radius 3 is 1.92 bits per heavy atom. The van der Waals surface area contributed by atoms with Crippen LogP contribution in [0.3, 0.4) is 0 Å². The fourth-order valence-electron chi connectivity index (χ4n) is 1.57. The molecule has 1 aliphatic heterocycles. The second kappa shape index (κ2) is 3.15. The number of rotatable bonds is 0. The second-order valence-corrected chi connectivity index (χ2v) is 5.86. The van der Waals surface area contributed by atoms with Crippen molar-refractivity contribution in [3.05, 3.63) is 34.0 Å². The van der Waals surface area contributed by atoms with Crippen LogP contribution in [0.25, 0.3) is 9.75 Å². The molecule has 0 saturated heterocycles. The third-order valence-corrected chi connectivity index (χ3v) is 5.32. The molecule has 3 rings (SSSR count). The van der Waals surface area contributed by atoms with Crippen molar-refractivity contribution in [2.24, 2.45) is 0 Å². The van der Waals surface area contributed by atoms with E-state index in [0.717, 1.165) is 0 Å². The zero-order valence-electron chi connectivity index (χ0n) is 6.95. The predicted molar refractivity (Wildman–Crippen MR) is 62.6 cm³/mol. The zero-order valence-corrected chi connectivity index (χ0v) is 9.40. The van der Waals surface area contributed by atoms with Gasteiger partial charge in [0.2, 0.25) is 0 Å². The van der Waals surface area contributed by atoms with E-state index in [1.165, 1.54) is 32.4 Å². The van der Waals surface area contributed by atoms with Gasteiger partial charge >= 0.3 is 0 Å². The van der Waals surface area contributed by atoms with Gasteiger partial charge in [-0.1, -0.05) is 0 Å². The molecule has 0 aromatic carbocycles. The van der Waals surface area contributed by atoms with Crippen LogP contribution in [0.2, 0.25) is 0 Å². The summed E-state index contributed by atoms with van der Waals surface area (Å²) in [6, 6.07) is 4.53. The molecular formula is C10H8S3. The minimum absolute atomic E-state index is 1.18. The molecule has 0 fully saturated rings. The lowest BCUT2D eigenvalue weighted by Crippen LogP contribution is -1.73. The quantitative estimate of drug-likeness (QED) is 0.645. The van der Waals surface area contributed by atoms with E-state index in [1.54, 1.807) is 0 Å². The Morgan fingerprint density at radius 1 is 0.846 bits per heavy atom. The van der Waals surface area contributed by atoms with Crippen molar-refractivity contribution in [1.29, 1.82) is 0 Å². The maximum atomic E-state index is 2.27. The molecule has 0 radical (unpaired) electrons. The van der Waals surface area contributed by atoms with Gasteiger partial charge in [0.1, 0.15) is 0 Å². The predicted octanol–water partition coefficient (Wildman–Crippen LogP) is 4.22. The number of thioether (sulfide) groups is 1. The molecule has 2 aromatic heterocycles. The van der Waals surface area contributed by atoms with Crippen molar-refractivity contribution < 1.29 is 0 Å². The van der Waals surface area contributed by atoms with Crippen molar-refractivity contribution in [2.45, 2.75) is 11.5 Å². The molecule has 0 saturated carbocycles. The first-order valence-corrected chi connectivity index (χ1v) is 7.07. The fourth-order valence-corrected chi connectivity index (χ4v) is 4.86. The number of thiophene rings is 2. The van der Waals surface area contributed by atoms with E-state index in [-0.39, 0.29) is 0 Å². The molecule has 3 heteroatoms. The van der Waals surface area contributed by atoms with Crippen LogP contribution in [0.15, 0.2) is 22.9 Å². The van der Waals surface area contributed by atoms with Gasteiger partial charge in [0.15, 0.2) is 0 Å². The van der Waals surface area contributed by atoms with Crippen LogP contribution in [0.4, 0.5) is 0 Å². The SMILES string of the molecule is c1cc2c(s1)-c1sccc1CSC2. The van der Waals surface area contributed by atoms with Gasteiger partial charge in [0.25, 0.3) is 0 Å². The second-order valence-electron chi connectivity index (χ2n) is 3.04. The Bertz CT molecular complexity index is 385. The molecule has 0 amide bonds. The smallest absolute Gasteiger partial charge is 0.0486 e. The molecule has 0 unspecified atom stereocenters. The highest BCUT2D eigenvalue weighted by Crippen LogP contribution is 2.42. The lowest BCUT2D eigenvalue weighted by molar-refractivity contribution is 1.46. The Morgan fingerprint density at radius 2 is 1.38 bits per heavy atom. The first-order chi connectivity index (χ1) is 6.45. The van der Waals surface area contributed by atoms with Gasteiger partial charge in [-0.2, -0.15) is 11.8 Å². The largest absolute Gasteiger partial charge is 0.152 e. The third-order valence-electron chi connectivity index (χ3n) is 2.21. The van der Waals surface area contributed by atoms with E-state index < -0.39 is 0 Å². The number of hydrogen-bond donors (Lipinski definition) is 0. The molecule has 0 bridgehead atoms. The summed E-state index contributed by atoms with van der Waals surface area (Å²) >= 11 is 5.79. The highest BCUT2D eigenvalue weighted by Gasteiger charge is 2.16. The Labute approximate surface area is 89.6 Å². The average molecular weight is 224 g/mol. The summed E-state index contributed by atoms with van der Waals surface area (Å²) < 4.78 is 0. The molecule has 0 aliphatic carbocycles. The maximum absolute atomic E-state index is 2.27. The minimum Gasteiger partial charge on any atom is -0.152 e. The maximum Gasteiger partial charge on any atom is 0.0486 e. The first-order valence-electron chi connectivity index (χ1n) is 4.16. The van der Waals surface area contributed by atoms with E-state index in [9.17, 15) is 0 Å². The normalized spacial score (nSPS) is 14.8. The van der Waals surface area contributed by atoms with Gasteiger partial charge in [-0.3, -0.25) is 0 Å². The van der Waals surface area contributed by atoms with Crippen LogP contribution in [0.5, 0.6) is 0 Å². The van der Waals surface area contributed by atoms with Crippen molar-refractivity contribution in [2.75, 3.05) is 0 Å². The average Bonchev–Trinajstić information content (AvgIpc) is 2.72. The van der Waals surface area contributed by atoms with Crippen molar-refractivity contribution in [3.8, 4) is 9.75 Å². The molecule has 0 nitrogen and oxygen atoms in total. The Hall–Kier alpha value is -0.250. The summed E-state index contributed by atoms with van der Waals surface area (Å²) in [5.74, 6) is 2.36.